The lowest BCUT2D eigenvalue weighted by molar-refractivity contribution is -0.333. The standard InChI is InChI=1S/C84H106ClN11O25/c1-9-88-16-17-115-37(6)75(107)90-59(101)31-51-77(109)92-64-45-27-56(117-54-14-11-41(19-35(54)4)68(102)66(81(113)89-51)95-76(108)50(87-8)18-34(2)3)72(121-83-73(71(105)70(104)58(33-97)119-83)120-60-32-84(7,86)74(106)36(5)116-60)57(28-45)118-55-15-12-42(26-49(55)85)69(103)67-82(114)94-65(80(112)91-62-43-21-38-20-39(23-43)24-44(62)22-38)48-29-46(98)30-53(100)61(48)47-25-40(10-13-52(47)99)63(78(110)96-67)93-79(64)111/h10-15,19,25-30,34,36-39,43-44,50-51,58,60,62-71,73-74,83,87-88,97-100,102-106H,9,16-18,20-24,31-33,86H2,1-8H3,(H,89,113)(H,91,112)(H,92,109)(H,93,111)(H,94,114)(H,95,108)(H,96,110)(H,90,101,107)/t36-,37?,38?,39?,43?,44?,50+,51-,58+,60-,62?,63+,64+,65-,66+,67-,68+,69+,70+,71-,73+,74+,83-,84-/m0/s1. The summed E-state index contributed by atoms with van der Waals surface area (Å²) in [6.07, 6.45) is -15.5. The molecule has 1 unspecified atom stereocenters. The van der Waals surface area contributed by atoms with E-state index in [4.69, 9.17) is 50.5 Å². The van der Waals surface area contributed by atoms with Gasteiger partial charge in [0.1, 0.15) is 102 Å². The Bertz CT molecular complexity index is 4740. The number of aliphatic hydroxyl groups is 6. The summed E-state index contributed by atoms with van der Waals surface area (Å²) < 4.78 is 44.9. The third-order valence-corrected chi connectivity index (χ3v) is 24.4. The smallest absolute Gasteiger partial charge is 0.255 e. The number of phenols is 3. The first-order valence-electron chi connectivity index (χ1n) is 40.7. The van der Waals surface area contributed by atoms with Gasteiger partial charge >= 0.3 is 0 Å². The second-order valence-electron chi connectivity index (χ2n) is 33.5. The molecule has 19 atom stereocenters. The van der Waals surface area contributed by atoms with Crippen molar-refractivity contribution in [3.63, 3.8) is 0 Å². The molecule has 11 aliphatic rings. The minimum atomic E-state index is -2.38. The van der Waals surface area contributed by atoms with Gasteiger partial charge in [-0.25, -0.2) is 0 Å². The fourth-order valence-corrected chi connectivity index (χ4v) is 18.2. The largest absolute Gasteiger partial charge is 0.508 e. The number of carbonyl (C=O) groups excluding carboxylic acids is 9. The number of hydrogen-bond donors (Lipinski definition) is 20. The molecular weight excluding hydrogens is 1600 g/mol. The zero-order chi connectivity index (χ0) is 87.1. The number of nitrogens with two attached hydrogens (primary N) is 1. The molecule has 0 radical (unpaired) electrons. The highest BCUT2D eigenvalue weighted by atomic mass is 35.5. The maximum Gasteiger partial charge on any atom is 0.255 e. The third kappa shape index (κ3) is 19.3. The SMILES string of the molecule is CCNCCOC(C)C(=O)NC(=O)C[C@@H]1NC(=O)[C@H](NC(=O)[C@@H](CC(C)C)NC)[C@H](O)c2ccc(c(C)c2)Oc2cc3cc(c2O[C@@H]2O[C@H](CO)[C@@H](O)[C@H](O)[C@H]2O[C@H]2C[C@](C)(N)[C@H](O)[C@H](C)O2)Oc2ccc(cc2Cl)[C@@H](O)[C@@H]2NC(=O)[C@H](NC(=O)[C@@H]3NC1=O)c1ccc(O)c(c1)-c1c(O)cc(O)cc1[C@@H](C(=O)NC1C3CC4CC(C3)CC1C4)NC2=O. The first-order chi connectivity index (χ1) is 57.5. The monoisotopic (exact) mass is 1700 g/mol. The fraction of sp³-hybridized carbons (Fsp3) is 0.536. The zero-order valence-electron chi connectivity index (χ0n) is 67.9. The van der Waals surface area contributed by atoms with E-state index < -0.39 is 227 Å². The quantitative estimate of drug-likeness (QED) is 0.0494. The molecule has 0 aromatic heterocycles. The number of imide groups is 1. The van der Waals surface area contributed by atoms with Crippen LogP contribution >= 0.6 is 11.6 Å². The summed E-state index contributed by atoms with van der Waals surface area (Å²) in [5, 5.41) is 133. The van der Waals surface area contributed by atoms with Crippen LogP contribution < -0.4 is 73.1 Å². The van der Waals surface area contributed by atoms with Gasteiger partial charge in [0.15, 0.2) is 23.9 Å². The number of hydrogen-bond acceptors (Lipinski definition) is 28. The molecule has 4 saturated carbocycles. The summed E-state index contributed by atoms with van der Waals surface area (Å²) in [7, 11) is 1.49. The van der Waals surface area contributed by atoms with Gasteiger partial charge < -0.3 is 133 Å². The van der Waals surface area contributed by atoms with E-state index in [-0.39, 0.29) is 93.7 Å². The molecule has 5 aromatic rings. The average molecular weight is 1710 g/mol. The zero-order valence-corrected chi connectivity index (χ0v) is 68.6. The van der Waals surface area contributed by atoms with Crippen molar-refractivity contribution in [2.24, 2.45) is 35.3 Å². The summed E-state index contributed by atoms with van der Waals surface area (Å²) in [6.45, 7) is 11.3. The molecule has 0 spiro atoms. The number of aromatic hydroxyl groups is 3. The van der Waals surface area contributed by atoms with E-state index in [2.05, 4.69) is 53.2 Å². The van der Waals surface area contributed by atoms with Crippen LogP contribution in [0.3, 0.4) is 0 Å². The first-order valence-corrected chi connectivity index (χ1v) is 41.1. The molecular formula is C84H106ClN11O25. The number of phenolic OH excluding ortho intramolecular Hbond substituents is 3. The van der Waals surface area contributed by atoms with Crippen LogP contribution in [0.15, 0.2) is 78.9 Å². The van der Waals surface area contributed by atoms with Gasteiger partial charge in [0.2, 0.25) is 59.3 Å². The van der Waals surface area contributed by atoms with Crippen molar-refractivity contribution in [2.45, 2.75) is 221 Å². The number of fused-ring (bicyclic) bond motifs is 15. The Labute approximate surface area is 701 Å². The van der Waals surface area contributed by atoms with Crippen LogP contribution in [0.25, 0.3) is 11.1 Å². The van der Waals surface area contributed by atoms with E-state index in [0.29, 0.717) is 24.9 Å². The minimum Gasteiger partial charge on any atom is -0.508 e. The van der Waals surface area contributed by atoms with Crippen LogP contribution in [-0.2, 0) is 62.1 Å². The first kappa shape index (κ1) is 88.9. The van der Waals surface area contributed by atoms with E-state index >= 15 is 28.8 Å². The minimum absolute atomic E-state index is 0.00665. The van der Waals surface area contributed by atoms with Gasteiger partial charge in [-0.15, -0.1) is 0 Å². The van der Waals surface area contributed by atoms with Crippen LogP contribution in [0.5, 0.6) is 46.0 Å². The molecule has 37 heteroatoms. The van der Waals surface area contributed by atoms with Gasteiger partial charge in [-0.3, -0.25) is 48.5 Å². The Kier molecular flexibility index (Phi) is 27.2. The van der Waals surface area contributed by atoms with E-state index in [9.17, 15) is 60.3 Å². The number of benzene rings is 5. The van der Waals surface area contributed by atoms with Crippen LogP contribution in [0.4, 0.5) is 0 Å². The van der Waals surface area contributed by atoms with Crippen LogP contribution in [-0.4, -0.2) is 224 Å². The topological polar surface area (TPSA) is 547 Å². The molecule has 7 aliphatic heterocycles. The van der Waals surface area contributed by atoms with Gasteiger partial charge in [-0.05, 0) is 197 Å². The lowest BCUT2D eigenvalue weighted by Crippen LogP contribution is -2.64. The van der Waals surface area contributed by atoms with Crippen molar-refractivity contribution in [3.05, 3.63) is 117 Å². The molecule has 16 rings (SSSR count). The predicted octanol–water partition coefficient (Wildman–Crippen LogP) is 1.79. The summed E-state index contributed by atoms with van der Waals surface area (Å²) in [6, 6.07) is 0.721. The Hall–Kier alpha value is -9.90. The summed E-state index contributed by atoms with van der Waals surface area (Å²) in [5.74, 6) is -14.0. The van der Waals surface area contributed by atoms with E-state index in [0.717, 1.165) is 80.6 Å². The molecule has 654 valence electrons. The Balaban J connectivity index is 1.02. The highest BCUT2D eigenvalue weighted by Gasteiger charge is 2.53. The highest BCUT2D eigenvalue weighted by Crippen LogP contribution is 2.55. The van der Waals surface area contributed by atoms with Gasteiger partial charge in [0, 0.05) is 41.7 Å². The fourth-order valence-electron chi connectivity index (χ4n) is 17.9. The molecule has 9 amide bonds. The van der Waals surface area contributed by atoms with Gasteiger partial charge in [-0.2, -0.15) is 0 Å². The number of halogens is 1. The second kappa shape index (κ2) is 37.0. The van der Waals surface area contributed by atoms with Crippen molar-refractivity contribution in [1.29, 1.82) is 0 Å². The number of likely N-dealkylation sites (N-methyl/N-ethyl adjacent to an activating group) is 2. The van der Waals surface area contributed by atoms with Crippen molar-refractivity contribution in [3.8, 4) is 57.1 Å². The second-order valence-corrected chi connectivity index (χ2v) is 33.9. The maximum absolute atomic E-state index is 16.6. The van der Waals surface area contributed by atoms with Crippen molar-refractivity contribution >= 4 is 64.8 Å². The predicted molar refractivity (Wildman–Crippen MR) is 428 cm³/mol. The summed E-state index contributed by atoms with van der Waals surface area (Å²) in [4.78, 5) is 138. The van der Waals surface area contributed by atoms with Gasteiger partial charge in [0.25, 0.3) is 5.91 Å². The molecule has 2 saturated heterocycles. The molecule has 15 bridgehead atoms. The molecule has 36 nitrogen and oxygen atoms in total. The number of amides is 9. The number of ether oxygens (including phenoxy) is 7. The molecule has 21 N–H and O–H groups in total. The molecule has 5 aromatic carbocycles. The van der Waals surface area contributed by atoms with Crippen molar-refractivity contribution in [2.75, 3.05) is 33.4 Å². The molecule has 4 aliphatic carbocycles. The number of rotatable bonds is 20. The van der Waals surface area contributed by atoms with Crippen LogP contribution in [0, 0.1) is 36.5 Å². The average Bonchev–Trinajstić information content (AvgIpc) is 0.753. The van der Waals surface area contributed by atoms with Crippen LogP contribution in [0.2, 0.25) is 5.02 Å². The lowest BCUT2D eigenvalue weighted by Gasteiger charge is -2.54. The molecule has 6 fully saturated rings. The van der Waals surface area contributed by atoms with E-state index in [1.807, 2.05) is 20.8 Å². The normalized spacial score (nSPS) is 31.3. The number of aryl methyl sites for hydroxylation is 1. The third-order valence-electron chi connectivity index (χ3n) is 24.1. The highest BCUT2D eigenvalue weighted by molar-refractivity contribution is 6.32. The Morgan fingerprint density at radius 1 is 0.694 bits per heavy atom. The lowest BCUT2D eigenvalue weighted by atomic mass is 9.54. The maximum atomic E-state index is 16.6. The molecule has 121 heavy (non-hydrogen) atoms. The van der Waals surface area contributed by atoms with Crippen molar-refractivity contribution < 1.29 is 122 Å². The number of nitrogens with one attached hydrogen (secondary N) is 10. The van der Waals surface area contributed by atoms with Gasteiger partial charge in [0.05, 0.1) is 42.9 Å². The van der Waals surface area contributed by atoms with E-state index in [1.165, 1.54) is 65.1 Å². The Morgan fingerprint density at radius 2 is 1.34 bits per heavy atom. The van der Waals surface area contributed by atoms with Gasteiger partial charge in [-0.1, -0.05) is 50.6 Å². The van der Waals surface area contributed by atoms with Crippen LogP contribution in [0.1, 0.15) is 157 Å². The summed E-state index contributed by atoms with van der Waals surface area (Å²) >= 11 is 7.29. The Morgan fingerprint density at radius 3 is 1.98 bits per heavy atom. The van der Waals surface area contributed by atoms with E-state index in [1.54, 1.807) is 0 Å². The number of carbonyl (C=O) groups is 9. The molecule has 7 heterocycles. The summed E-state index contributed by atoms with van der Waals surface area (Å²) in [5.41, 5.74) is 3.33. The number of aliphatic hydroxyl groups excluding tert-OH is 6. The van der Waals surface area contributed by atoms with Crippen molar-refractivity contribution in [1.82, 2.24) is 53.2 Å².